The fourth-order valence-electron chi connectivity index (χ4n) is 5.20. The highest BCUT2D eigenvalue weighted by molar-refractivity contribution is 5.95. The van der Waals surface area contributed by atoms with Gasteiger partial charge < -0.3 is 14.2 Å². The van der Waals surface area contributed by atoms with Crippen LogP contribution in [0, 0.1) is 17.2 Å². The number of nitrogens with zero attached hydrogens (tertiary/aromatic N) is 1. The molecule has 2 unspecified atom stereocenters. The van der Waals surface area contributed by atoms with Crippen molar-refractivity contribution in [2.75, 3.05) is 7.11 Å². The van der Waals surface area contributed by atoms with Crippen LogP contribution >= 0.6 is 0 Å². The Hall–Kier alpha value is -4.30. The Morgan fingerprint density at radius 3 is 2.24 bits per heavy atom. The molecule has 2 atom stereocenters. The molecule has 0 amide bonds. The molecule has 5 heteroatoms. The van der Waals surface area contributed by atoms with Crippen molar-refractivity contribution in [3.05, 3.63) is 107 Å². The maximum Gasteiger partial charge on any atom is 0.159 e. The van der Waals surface area contributed by atoms with Crippen molar-refractivity contribution < 1.29 is 19.0 Å². The van der Waals surface area contributed by atoms with E-state index in [4.69, 9.17) is 14.2 Å². The summed E-state index contributed by atoms with van der Waals surface area (Å²) in [4.78, 5) is 11.9. The average molecular weight is 624 g/mol. The molecule has 2 aromatic rings. The summed E-state index contributed by atoms with van der Waals surface area (Å²) in [6, 6.07) is 13.6. The van der Waals surface area contributed by atoms with E-state index in [0.29, 0.717) is 22.6 Å². The molecule has 2 rings (SSSR count). The van der Waals surface area contributed by atoms with Gasteiger partial charge in [0.25, 0.3) is 0 Å². The molecule has 0 bridgehead atoms. The predicted molar refractivity (Wildman–Crippen MR) is 192 cm³/mol. The molecule has 0 radical (unpaired) electrons. The van der Waals surface area contributed by atoms with Crippen LogP contribution in [-0.2, 0) is 4.74 Å². The van der Waals surface area contributed by atoms with Crippen molar-refractivity contribution in [1.29, 1.82) is 5.26 Å². The molecule has 0 aliphatic rings. The highest BCUT2D eigenvalue weighted by atomic mass is 16.5. The summed E-state index contributed by atoms with van der Waals surface area (Å²) < 4.78 is 18.1. The van der Waals surface area contributed by atoms with Gasteiger partial charge in [-0.3, -0.25) is 4.79 Å². The maximum atomic E-state index is 11.9. The summed E-state index contributed by atoms with van der Waals surface area (Å²) in [5.41, 5.74) is 6.36. The van der Waals surface area contributed by atoms with E-state index in [2.05, 4.69) is 33.1 Å². The van der Waals surface area contributed by atoms with E-state index < -0.39 is 0 Å². The van der Waals surface area contributed by atoms with Gasteiger partial charge in [-0.1, -0.05) is 69.9 Å². The number of ether oxygens (including phenoxy) is 3. The van der Waals surface area contributed by atoms with Crippen LogP contribution < -0.4 is 9.47 Å². The Morgan fingerprint density at radius 1 is 1.00 bits per heavy atom. The van der Waals surface area contributed by atoms with Crippen molar-refractivity contribution in [2.45, 2.75) is 99.7 Å². The van der Waals surface area contributed by atoms with E-state index in [0.717, 1.165) is 64.9 Å². The molecular formula is C41H53NO4. The molecule has 0 spiro atoms. The monoisotopic (exact) mass is 623 g/mol. The molecule has 2 aromatic carbocycles. The van der Waals surface area contributed by atoms with E-state index >= 15 is 0 Å². The summed E-state index contributed by atoms with van der Waals surface area (Å²) >= 11 is 0. The zero-order valence-electron chi connectivity index (χ0n) is 29.7. The van der Waals surface area contributed by atoms with Gasteiger partial charge in [0.1, 0.15) is 23.2 Å². The number of hydrogen-bond donors (Lipinski definition) is 0. The van der Waals surface area contributed by atoms with Gasteiger partial charge in [-0.2, -0.15) is 5.26 Å². The first-order chi connectivity index (χ1) is 21.6. The van der Waals surface area contributed by atoms with Gasteiger partial charge in [-0.05, 0) is 114 Å². The zero-order chi connectivity index (χ0) is 34.6. The third-order valence-corrected chi connectivity index (χ3v) is 7.87. The number of carbonyl (C=O) groups is 1. The van der Waals surface area contributed by atoms with Crippen LogP contribution in [0.2, 0.25) is 0 Å². The standard InChI is InChI=1S/C41H53NO4/c1-13-15-36(20-17-27(3)32(8)46-41(9,10)11)45-39-22-19-34(24-35(39)26-42)38(16-14-2)30(6)28(4)23-29(5)37-21-18-33(31(7)43)25-40(37)44-12/h14,16,18-19,21-25,27,36H,4,8,13,15,17,20H2,1-3,5-7,9-12H3/b16-14-,29-23+,38-30+. The smallest absolute Gasteiger partial charge is 0.159 e. The molecule has 5 nitrogen and oxygen atoms in total. The van der Waals surface area contributed by atoms with Crippen LogP contribution in [0.3, 0.4) is 0 Å². The number of ketones is 1. The molecule has 46 heavy (non-hydrogen) atoms. The van der Waals surface area contributed by atoms with Crippen LogP contribution in [0.1, 0.15) is 115 Å². The predicted octanol–water partition coefficient (Wildman–Crippen LogP) is 11.1. The van der Waals surface area contributed by atoms with Crippen molar-refractivity contribution in [1.82, 2.24) is 0 Å². The summed E-state index contributed by atoms with van der Waals surface area (Å²) in [7, 11) is 1.60. The van der Waals surface area contributed by atoms with Crippen molar-refractivity contribution >= 4 is 16.9 Å². The minimum absolute atomic E-state index is 0.0118. The Bertz CT molecular complexity index is 1540. The number of nitriles is 1. The molecular weight excluding hydrogens is 570 g/mol. The molecule has 0 N–H and O–H groups in total. The van der Waals surface area contributed by atoms with Crippen molar-refractivity contribution in [3.8, 4) is 17.6 Å². The quantitative estimate of drug-likeness (QED) is 0.106. The largest absolute Gasteiger partial charge is 0.496 e. The molecule has 0 aliphatic heterocycles. The summed E-state index contributed by atoms with van der Waals surface area (Å²) in [6.45, 7) is 26.4. The van der Waals surface area contributed by atoms with Crippen molar-refractivity contribution in [2.24, 2.45) is 5.92 Å². The highest BCUT2D eigenvalue weighted by Crippen LogP contribution is 2.33. The topological polar surface area (TPSA) is 68.6 Å². The molecule has 0 aliphatic carbocycles. The van der Waals surface area contributed by atoms with Crippen LogP contribution in [0.5, 0.6) is 11.5 Å². The third-order valence-electron chi connectivity index (χ3n) is 7.87. The fraction of sp³-hybridized carbons (Fsp3) is 0.415. The number of hydrogen-bond acceptors (Lipinski definition) is 5. The number of benzene rings is 2. The Labute approximate surface area is 278 Å². The zero-order valence-corrected chi connectivity index (χ0v) is 29.7. The van der Waals surface area contributed by atoms with E-state index in [9.17, 15) is 10.1 Å². The van der Waals surface area contributed by atoms with E-state index in [-0.39, 0.29) is 23.4 Å². The van der Waals surface area contributed by atoms with Crippen LogP contribution in [0.25, 0.3) is 11.1 Å². The first-order valence-electron chi connectivity index (χ1n) is 16.1. The number of allylic oxidation sites excluding steroid dienone is 8. The van der Waals surface area contributed by atoms with E-state index in [1.165, 1.54) is 0 Å². The van der Waals surface area contributed by atoms with Crippen LogP contribution in [-0.4, -0.2) is 24.6 Å². The van der Waals surface area contributed by atoms with E-state index in [1.54, 1.807) is 20.1 Å². The molecule has 0 heterocycles. The van der Waals surface area contributed by atoms with Crippen molar-refractivity contribution in [3.63, 3.8) is 0 Å². The normalized spacial score (nSPS) is 13.8. The number of Topliss-reactive ketones (excluding diaryl/α,β-unsaturated/α-hetero) is 1. The van der Waals surface area contributed by atoms with E-state index in [1.807, 2.05) is 90.1 Å². The Balaban J connectivity index is 2.37. The number of rotatable bonds is 16. The molecule has 0 fully saturated rings. The van der Waals surface area contributed by atoms with Gasteiger partial charge in [-0.25, -0.2) is 0 Å². The Morgan fingerprint density at radius 2 is 1.67 bits per heavy atom. The van der Waals surface area contributed by atoms with Crippen LogP contribution in [0.15, 0.2) is 84.7 Å². The van der Waals surface area contributed by atoms with Gasteiger partial charge in [0.2, 0.25) is 0 Å². The average Bonchev–Trinajstić information content (AvgIpc) is 3.00. The lowest BCUT2D eigenvalue weighted by Crippen LogP contribution is -2.22. The minimum Gasteiger partial charge on any atom is -0.496 e. The molecule has 0 aromatic heterocycles. The first kappa shape index (κ1) is 37.9. The summed E-state index contributed by atoms with van der Waals surface area (Å²) in [5, 5.41) is 10.1. The van der Waals surface area contributed by atoms with Gasteiger partial charge >= 0.3 is 0 Å². The van der Waals surface area contributed by atoms with Crippen LogP contribution in [0.4, 0.5) is 0 Å². The summed E-state index contributed by atoms with van der Waals surface area (Å²) in [5.74, 6) is 2.21. The lowest BCUT2D eigenvalue weighted by molar-refractivity contribution is 0.0340. The first-order valence-corrected chi connectivity index (χ1v) is 16.1. The Kier molecular flexibility index (Phi) is 14.3. The van der Waals surface area contributed by atoms with Gasteiger partial charge in [-0.15, -0.1) is 0 Å². The lowest BCUT2D eigenvalue weighted by Gasteiger charge is -2.27. The fourth-order valence-corrected chi connectivity index (χ4v) is 5.20. The number of carbonyl (C=O) groups excluding carboxylic acids is 1. The SMILES string of the molecule is C=C(/C=C(\C)c1ccc(C(C)=O)cc1OC)/C(C)=C(\C=C/C)c1ccc(OC(CCC)CCC(C)C(=C)OC(C)(C)C)c(C#N)c1. The molecule has 0 saturated carbocycles. The summed E-state index contributed by atoms with van der Waals surface area (Å²) in [6.07, 6.45) is 9.62. The minimum atomic E-state index is -0.273. The van der Waals surface area contributed by atoms with Gasteiger partial charge in [0.05, 0.1) is 24.5 Å². The van der Waals surface area contributed by atoms with Gasteiger partial charge in [0.15, 0.2) is 5.78 Å². The highest BCUT2D eigenvalue weighted by Gasteiger charge is 2.20. The number of methoxy groups -OCH3 is 1. The second-order valence-corrected chi connectivity index (χ2v) is 12.9. The molecule has 0 saturated heterocycles. The second-order valence-electron chi connectivity index (χ2n) is 12.9. The second kappa shape index (κ2) is 17.4. The third kappa shape index (κ3) is 10.9. The van der Waals surface area contributed by atoms with Gasteiger partial charge in [0, 0.05) is 17.0 Å². The maximum absolute atomic E-state index is 11.9. The molecule has 246 valence electrons. The lowest BCUT2D eigenvalue weighted by atomic mass is 9.92.